The number of benzene rings is 1. The van der Waals surface area contributed by atoms with Crippen molar-refractivity contribution in [2.45, 2.75) is 18.6 Å². The average Bonchev–Trinajstić information content (AvgIpc) is 2.91. The number of anilines is 1. The first-order valence-electron chi connectivity index (χ1n) is 6.85. The zero-order chi connectivity index (χ0) is 15.7. The van der Waals surface area contributed by atoms with Gasteiger partial charge in [-0.15, -0.1) is 0 Å². The van der Waals surface area contributed by atoms with E-state index in [0.29, 0.717) is 23.4 Å². The molecule has 2 aromatic rings. The van der Waals surface area contributed by atoms with E-state index in [2.05, 4.69) is 11.1 Å². The van der Waals surface area contributed by atoms with Gasteiger partial charge in [0.15, 0.2) is 11.6 Å². The molecule has 0 radical (unpaired) electrons. The Balaban J connectivity index is 2.02. The van der Waals surface area contributed by atoms with Crippen LogP contribution in [0.25, 0.3) is 0 Å². The lowest BCUT2D eigenvalue weighted by atomic mass is 10.0. The number of aliphatic hydroxyl groups is 1. The minimum Gasteiger partial charge on any atom is -0.391 e. The molecule has 0 aliphatic carbocycles. The van der Waals surface area contributed by atoms with Crippen LogP contribution >= 0.6 is 0 Å². The Labute approximate surface area is 126 Å². The molecule has 2 unspecified atom stereocenters. The van der Waals surface area contributed by atoms with Gasteiger partial charge in [0.2, 0.25) is 0 Å². The molecule has 3 rings (SSSR count). The molecule has 0 saturated carbocycles. The fourth-order valence-electron chi connectivity index (χ4n) is 2.80. The van der Waals surface area contributed by atoms with Crippen molar-refractivity contribution in [2.24, 2.45) is 0 Å². The first-order chi connectivity index (χ1) is 10.6. The van der Waals surface area contributed by atoms with Crippen molar-refractivity contribution in [3.63, 3.8) is 0 Å². The van der Waals surface area contributed by atoms with Gasteiger partial charge >= 0.3 is 0 Å². The van der Waals surface area contributed by atoms with E-state index in [-0.39, 0.29) is 12.6 Å². The van der Waals surface area contributed by atoms with Crippen LogP contribution in [0.4, 0.5) is 14.6 Å². The van der Waals surface area contributed by atoms with Gasteiger partial charge in [0.25, 0.3) is 0 Å². The summed E-state index contributed by atoms with van der Waals surface area (Å²) in [7, 11) is 0. The highest BCUT2D eigenvalue weighted by atomic mass is 19.2. The molecular weight excluding hydrogens is 288 g/mol. The zero-order valence-electron chi connectivity index (χ0n) is 11.6. The van der Waals surface area contributed by atoms with Crippen molar-refractivity contribution in [2.75, 3.05) is 11.4 Å². The van der Waals surface area contributed by atoms with Gasteiger partial charge in [-0.25, -0.2) is 13.8 Å². The predicted molar refractivity (Wildman–Crippen MR) is 76.0 cm³/mol. The van der Waals surface area contributed by atoms with E-state index in [1.165, 1.54) is 6.07 Å². The summed E-state index contributed by atoms with van der Waals surface area (Å²) in [4.78, 5) is 5.97. The molecule has 1 saturated heterocycles. The molecule has 1 N–H and O–H groups in total. The highest BCUT2D eigenvalue weighted by Gasteiger charge is 2.34. The largest absolute Gasteiger partial charge is 0.391 e. The number of hydrogen-bond acceptors (Lipinski definition) is 4. The Morgan fingerprint density at radius 2 is 2.09 bits per heavy atom. The topological polar surface area (TPSA) is 60.2 Å². The fraction of sp³-hybridized carbons (Fsp3) is 0.250. The van der Waals surface area contributed by atoms with Crippen LogP contribution in [0.2, 0.25) is 0 Å². The summed E-state index contributed by atoms with van der Waals surface area (Å²) < 4.78 is 26.6. The second kappa shape index (κ2) is 5.70. The smallest absolute Gasteiger partial charge is 0.159 e. The van der Waals surface area contributed by atoms with E-state index < -0.39 is 17.7 Å². The van der Waals surface area contributed by atoms with Crippen LogP contribution in [0.3, 0.4) is 0 Å². The van der Waals surface area contributed by atoms with Crippen molar-refractivity contribution in [3.8, 4) is 6.07 Å². The Morgan fingerprint density at radius 1 is 1.27 bits per heavy atom. The first kappa shape index (κ1) is 14.4. The Hall–Kier alpha value is -2.52. The molecule has 0 amide bonds. The van der Waals surface area contributed by atoms with Crippen LogP contribution in [0, 0.1) is 23.0 Å². The molecule has 0 bridgehead atoms. The molecule has 2 heterocycles. The number of nitriles is 1. The number of halogens is 2. The second-order valence-corrected chi connectivity index (χ2v) is 5.22. The van der Waals surface area contributed by atoms with Crippen LogP contribution in [0.1, 0.15) is 23.6 Å². The Morgan fingerprint density at radius 3 is 2.82 bits per heavy atom. The lowest BCUT2D eigenvalue weighted by Crippen LogP contribution is -2.26. The Bertz CT molecular complexity index is 744. The molecular formula is C16H13F2N3O. The maximum atomic E-state index is 13.5. The number of pyridine rings is 1. The molecule has 0 spiro atoms. The molecule has 4 nitrogen and oxygen atoms in total. The van der Waals surface area contributed by atoms with E-state index in [9.17, 15) is 19.1 Å². The van der Waals surface area contributed by atoms with E-state index in [1.807, 2.05) is 0 Å². The fourth-order valence-corrected chi connectivity index (χ4v) is 2.80. The van der Waals surface area contributed by atoms with Gasteiger partial charge in [-0.05, 0) is 36.2 Å². The summed E-state index contributed by atoms with van der Waals surface area (Å²) in [5.74, 6) is -1.40. The number of rotatable bonds is 2. The van der Waals surface area contributed by atoms with Crippen LogP contribution in [-0.2, 0) is 0 Å². The number of β-amino-alcohol motifs (C(OH)–C–C–N with tert-alkyl or cyclic N) is 1. The number of hydrogen-bond donors (Lipinski definition) is 1. The summed E-state index contributed by atoms with van der Waals surface area (Å²) in [6.07, 6.45) is 1.31. The molecule has 6 heteroatoms. The van der Waals surface area contributed by atoms with Gasteiger partial charge in [0.1, 0.15) is 11.9 Å². The second-order valence-electron chi connectivity index (χ2n) is 5.22. The van der Waals surface area contributed by atoms with Crippen LogP contribution in [0.15, 0.2) is 36.5 Å². The van der Waals surface area contributed by atoms with Crippen LogP contribution in [-0.4, -0.2) is 22.7 Å². The number of aromatic nitrogens is 1. The summed E-state index contributed by atoms with van der Waals surface area (Å²) in [5, 5.41) is 19.2. The van der Waals surface area contributed by atoms with E-state index in [4.69, 9.17) is 0 Å². The van der Waals surface area contributed by atoms with Gasteiger partial charge in [-0.3, -0.25) is 0 Å². The predicted octanol–water partition coefficient (Wildman–Crippen LogP) is 2.54. The van der Waals surface area contributed by atoms with Crippen molar-refractivity contribution < 1.29 is 13.9 Å². The van der Waals surface area contributed by atoms with E-state index in [1.54, 1.807) is 23.2 Å². The molecule has 1 aromatic carbocycles. The highest BCUT2D eigenvalue weighted by molar-refractivity contribution is 5.56. The lowest BCUT2D eigenvalue weighted by Gasteiger charge is -2.26. The molecule has 2 atom stereocenters. The third-order valence-electron chi connectivity index (χ3n) is 3.79. The van der Waals surface area contributed by atoms with Crippen molar-refractivity contribution in [1.29, 1.82) is 5.26 Å². The van der Waals surface area contributed by atoms with Gasteiger partial charge in [0.05, 0.1) is 17.7 Å². The third-order valence-corrected chi connectivity index (χ3v) is 3.79. The van der Waals surface area contributed by atoms with Crippen molar-refractivity contribution >= 4 is 5.82 Å². The highest BCUT2D eigenvalue weighted by Crippen LogP contribution is 2.37. The minimum atomic E-state index is -0.930. The average molecular weight is 301 g/mol. The lowest BCUT2D eigenvalue weighted by molar-refractivity contribution is 0.194. The van der Waals surface area contributed by atoms with Crippen molar-refractivity contribution in [1.82, 2.24) is 4.98 Å². The summed E-state index contributed by atoms with van der Waals surface area (Å²) >= 11 is 0. The first-order valence-corrected chi connectivity index (χ1v) is 6.85. The Kier molecular flexibility index (Phi) is 3.73. The SMILES string of the molecule is N#Cc1cccnc1N1CC(O)CC1c1ccc(F)c(F)c1. The van der Waals surface area contributed by atoms with Gasteiger partial charge in [0, 0.05) is 12.7 Å². The van der Waals surface area contributed by atoms with Gasteiger partial charge in [-0.2, -0.15) is 5.26 Å². The summed E-state index contributed by atoms with van der Waals surface area (Å²) in [5.41, 5.74) is 0.925. The van der Waals surface area contributed by atoms with Gasteiger partial charge in [-0.1, -0.05) is 6.07 Å². The summed E-state index contributed by atoms with van der Waals surface area (Å²) in [6, 6.07) is 8.67. The quantitative estimate of drug-likeness (QED) is 0.926. The van der Waals surface area contributed by atoms with Crippen molar-refractivity contribution in [3.05, 3.63) is 59.3 Å². The van der Waals surface area contributed by atoms with E-state index in [0.717, 1.165) is 12.1 Å². The molecule has 22 heavy (non-hydrogen) atoms. The zero-order valence-corrected chi connectivity index (χ0v) is 11.6. The molecule has 1 aliphatic rings. The minimum absolute atomic E-state index is 0.287. The molecule has 1 aliphatic heterocycles. The normalized spacial score (nSPS) is 20.9. The van der Waals surface area contributed by atoms with Crippen LogP contribution < -0.4 is 4.90 Å². The number of nitrogens with zero attached hydrogens (tertiary/aromatic N) is 3. The third kappa shape index (κ3) is 2.51. The molecule has 1 fully saturated rings. The van der Waals surface area contributed by atoms with E-state index >= 15 is 0 Å². The molecule has 112 valence electrons. The molecule has 1 aromatic heterocycles. The standard InChI is InChI=1S/C16H13F2N3O/c17-13-4-3-10(6-14(13)18)15-7-12(22)9-21(15)16-11(8-19)2-1-5-20-16/h1-6,12,15,22H,7,9H2. The monoisotopic (exact) mass is 301 g/mol. The van der Waals surface area contributed by atoms with Crippen LogP contribution in [0.5, 0.6) is 0 Å². The number of aliphatic hydroxyl groups excluding tert-OH is 1. The summed E-state index contributed by atoms with van der Waals surface area (Å²) in [6.45, 7) is 0.287. The maximum absolute atomic E-state index is 13.5. The maximum Gasteiger partial charge on any atom is 0.159 e. The van der Waals surface area contributed by atoms with Gasteiger partial charge < -0.3 is 10.0 Å².